The van der Waals surface area contributed by atoms with E-state index < -0.39 is 42.9 Å². The van der Waals surface area contributed by atoms with Crippen LogP contribution in [0.2, 0.25) is 0 Å². The van der Waals surface area contributed by atoms with Gasteiger partial charge >= 0.3 is 6.03 Å². The third kappa shape index (κ3) is 1.46. The lowest BCUT2D eigenvalue weighted by Gasteiger charge is -2.25. The summed E-state index contributed by atoms with van der Waals surface area (Å²) in [6.45, 7) is 0. The highest BCUT2D eigenvalue weighted by Crippen LogP contribution is 2.21. The molecule has 2 saturated heterocycles. The summed E-state index contributed by atoms with van der Waals surface area (Å²) in [6.07, 6.45) is 0. The number of urea groups is 1. The highest BCUT2D eigenvalue weighted by molar-refractivity contribution is 7.95. The van der Waals surface area contributed by atoms with Gasteiger partial charge in [0.15, 0.2) is 9.84 Å². The van der Waals surface area contributed by atoms with E-state index in [1.165, 1.54) is 0 Å². The molecule has 2 atom stereocenters. The molecule has 2 unspecified atom stereocenters. The van der Waals surface area contributed by atoms with Crippen molar-refractivity contribution in [2.24, 2.45) is 0 Å². The van der Waals surface area contributed by atoms with Crippen molar-refractivity contribution in [3.05, 3.63) is 0 Å². The molecule has 0 aromatic heterocycles. The second-order valence-electron chi connectivity index (χ2n) is 3.34. The maximum atomic E-state index is 11.3. The second-order valence-corrected chi connectivity index (χ2v) is 7.40. The number of amides is 2. The minimum absolute atomic E-state index is 0.301. The van der Waals surface area contributed by atoms with E-state index in [4.69, 9.17) is 0 Å². The lowest BCUT2D eigenvalue weighted by atomic mass is 10.2. The first-order valence-electron chi connectivity index (χ1n) is 3.83. The Kier molecular flexibility index (Phi) is 1.80. The van der Waals surface area contributed by atoms with Gasteiger partial charge in [-0.3, -0.25) is 0 Å². The molecule has 14 heavy (non-hydrogen) atoms. The molecule has 9 heteroatoms. The van der Waals surface area contributed by atoms with E-state index in [9.17, 15) is 21.6 Å². The predicted octanol–water partition coefficient (Wildman–Crippen LogP) is -2.21. The van der Waals surface area contributed by atoms with Crippen LogP contribution in [-0.4, -0.2) is 45.7 Å². The van der Waals surface area contributed by atoms with E-state index in [2.05, 4.69) is 5.32 Å². The van der Waals surface area contributed by atoms with Crippen molar-refractivity contribution in [1.82, 2.24) is 10.0 Å². The molecule has 0 saturated carbocycles. The van der Waals surface area contributed by atoms with Crippen LogP contribution in [0.15, 0.2) is 0 Å². The molecule has 0 radical (unpaired) electrons. The quantitative estimate of drug-likeness (QED) is 0.499. The van der Waals surface area contributed by atoms with E-state index in [1.807, 2.05) is 0 Å². The largest absolute Gasteiger partial charge is 0.332 e. The zero-order valence-electron chi connectivity index (χ0n) is 6.93. The molecule has 7 nitrogen and oxygen atoms in total. The second kappa shape index (κ2) is 2.60. The molecule has 2 N–H and O–H groups in total. The summed E-state index contributed by atoms with van der Waals surface area (Å²) in [6, 6.07) is -1.66. The van der Waals surface area contributed by atoms with Crippen LogP contribution in [0.3, 0.4) is 0 Å². The number of rotatable bonds is 0. The van der Waals surface area contributed by atoms with Gasteiger partial charge < -0.3 is 5.32 Å². The van der Waals surface area contributed by atoms with Crippen LogP contribution < -0.4 is 10.0 Å². The minimum Gasteiger partial charge on any atom is -0.332 e. The van der Waals surface area contributed by atoms with Gasteiger partial charge in [0, 0.05) is 0 Å². The van der Waals surface area contributed by atoms with Crippen LogP contribution in [0, 0.1) is 0 Å². The maximum absolute atomic E-state index is 11.3. The molecule has 0 aliphatic carbocycles. The molecule has 2 fully saturated rings. The van der Waals surface area contributed by atoms with Gasteiger partial charge in [-0.05, 0) is 0 Å². The van der Waals surface area contributed by atoms with Gasteiger partial charge in [0.2, 0.25) is 10.0 Å². The number of hydrogen-bond acceptors (Lipinski definition) is 5. The van der Waals surface area contributed by atoms with Crippen LogP contribution in [0.5, 0.6) is 0 Å². The van der Waals surface area contributed by atoms with Crippen LogP contribution in [-0.2, 0) is 19.9 Å². The summed E-state index contributed by atoms with van der Waals surface area (Å²) in [4.78, 5) is 10.8. The van der Waals surface area contributed by atoms with Crippen LogP contribution >= 0.6 is 0 Å². The molecular formula is C5H8N2O5S2. The molecule has 0 spiro atoms. The first-order chi connectivity index (χ1) is 6.30. The summed E-state index contributed by atoms with van der Waals surface area (Å²) in [5.41, 5.74) is 0. The third-order valence-corrected chi connectivity index (χ3v) is 5.96. The van der Waals surface area contributed by atoms with Crippen LogP contribution in [0.1, 0.15) is 0 Å². The number of sulfone groups is 1. The average Bonchev–Trinajstić information content (AvgIpc) is 2.22. The van der Waals surface area contributed by atoms with Crippen molar-refractivity contribution >= 4 is 25.9 Å². The lowest BCUT2D eigenvalue weighted by molar-refractivity contribution is 0.241. The molecule has 80 valence electrons. The number of hydrogen-bond donors (Lipinski definition) is 2. The Morgan fingerprint density at radius 1 is 1.14 bits per heavy atom. The van der Waals surface area contributed by atoms with Gasteiger partial charge in [-0.25, -0.2) is 26.4 Å². The molecule has 2 rings (SSSR count). The smallest absolute Gasteiger partial charge is 0.328 e. The Bertz CT molecular complexity index is 478. The molecule has 0 aromatic rings. The number of carbonyl (C=O) groups is 1. The highest BCUT2D eigenvalue weighted by atomic mass is 32.2. The highest BCUT2D eigenvalue weighted by Gasteiger charge is 2.49. The van der Waals surface area contributed by atoms with Crippen molar-refractivity contribution in [2.45, 2.75) is 11.3 Å². The summed E-state index contributed by atoms with van der Waals surface area (Å²) in [5.74, 6) is -0.725. The number of carbonyl (C=O) groups excluding carboxylic acids is 1. The predicted molar refractivity (Wildman–Crippen MR) is 46.8 cm³/mol. The van der Waals surface area contributed by atoms with Gasteiger partial charge in [-0.1, -0.05) is 0 Å². The van der Waals surface area contributed by atoms with Gasteiger partial charge in [-0.2, -0.15) is 0 Å². The van der Waals surface area contributed by atoms with E-state index in [-0.39, 0.29) is 5.75 Å². The molecular weight excluding hydrogens is 232 g/mol. The van der Waals surface area contributed by atoms with Crippen molar-refractivity contribution in [3.8, 4) is 0 Å². The van der Waals surface area contributed by atoms with Gasteiger partial charge in [0.1, 0.15) is 5.25 Å². The minimum atomic E-state index is -3.82. The Morgan fingerprint density at radius 3 is 2.43 bits per heavy atom. The number of sulfonamides is 1. The molecule has 2 heterocycles. The summed E-state index contributed by atoms with van der Waals surface area (Å²) in [7, 11) is -7.18. The van der Waals surface area contributed by atoms with E-state index in [1.54, 1.807) is 4.72 Å². The van der Waals surface area contributed by atoms with Crippen molar-refractivity contribution in [1.29, 1.82) is 0 Å². The van der Waals surface area contributed by atoms with Crippen LogP contribution in [0.4, 0.5) is 4.79 Å². The fourth-order valence-corrected chi connectivity index (χ4v) is 5.92. The van der Waals surface area contributed by atoms with Gasteiger partial charge in [-0.15, -0.1) is 0 Å². The van der Waals surface area contributed by atoms with Gasteiger partial charge in [0.25, 0.3) is 0 Å². The topological polar surface area (TPSA) is 109 Å². The average molecular weight is 240 g/mol. The maximum Gasteiger partial charge on any atom is 0.328 e. The number of fused-ring (bicyclic) bond motifs is 1. The molecule has 2 aliphatic heterocycles. The van der Waals surface area contributed by atoms with E-state index >= 15 is 0 Å². The van der Waals surface area contributed by atoms with Crippen molar-refractivity contribution < 1.29 is 21.6 Å². The standard InChI is InChI=1S/C5H8N2O5S2/c8-5-6-3-1-13(9,10)2-4(3)14(11,12)7-5/h3-4H,1-2H2,(H2,6,7,8). The van der Waals surface area contributed by atoms with Crippen molar-refractivity contribution in [2.75, 3.05) is 11.5 Å². The SMILES string of the molecule is O=C1NC2CS(=O)(=O)CC2S(=O)(=O)N1. The fourth-order valence-electron chi connectivity index (χ4n) is 1.66. The monoisotopic (exact) mass is 240 g/mol. The van der Waals surface area contributed by atoms with Crippen molar-refractivity contribution in [3.63, 3.8) is 0 Å². The summed E-state index contributed by atoms with van der Waals surface area (Å²) in [5, 5.41) is 1.23. The fraction of sp³-hybridized carbons (Fsp3) is 0.800. The van der Waals surface area contributed by atoms with E-state index in [0.29, 0.717) is 0 Å². The molecule has 2 amide bonds. The Labute approximate surface area is 80.8 Å². The Hall–Kier alpha value is -0.830. The first kappa shape index (κ1) is 9.71. The summed E-state index contributed by atoms with van der Waals surface area (Å²) >= 11 is 0. The third-order valence-electron chi connectivity index (χ3n) is 2.25. The lowest BCUT2D eigenvalue weighted by Crippen LogP contribution is -2.59. The zero-order valence-corrected chi connectivity index (χ0v) is 8.56. The molecule has 0 aromatic carbocycles. The molecule has 2 aliphatic rings. The van der Waals surface area contributed by atoms with E-state index in [0.717, 1.165) is 0 Å². The summed E-state index contributed by atoms with van der Waals surface area (Å²) < 4.78 is 46.7. The normalized spacial score (nSPS) is 38.1. The Balaban J connectivity index is 2.43. The molecule has 0 bridgehead atoms. The zero-order chi connectivity index (χ0) is 10.6. The number of nitrogens with one attached hydrogen (secondary N) is 2. The van der Waals surface area contributed by atoms with Crippen LogP contribution in [0.25, 0.3) is 0 Å². The Morgan fingerprint density at radius 2 is 1.79 bits per heavy atom. The first-order valence-corrected chi connectivity index (χ1v) is 7.19. The van der Waals surface area contributed by atoms with Gasteiger partial charge in [0.05, 0.1) is 17.5 Å².